The predicted octanol–water partition coefficient (Wildman–Crippen LogP) is 2.80. The average Bonchev–Trinajstić information content (AvgIpc) is 3.32. The van der Waals surface area contributed by atoms with Crippen LogP contribution in [0.15, 0.2) is 23.8 Å². The van der Waals surface area contributed by atoms with Gasteiger partial charge in [-0.3, -0.25) is 4.79 Å². The molecule has 0 aromatic carbocycles. The minimum Gasteiger partial charge on any atom is -0.461 e. The van der Waals surface area contributed by atoms with E-state index >= 15 is 0 Å². The Morgan fingerprint density at radius 2 is 2.12 bits per heavy atom. The number of hydrogen-bond donors (Lipinski definition) is 0. The lowest BCUT2D eigenvalue weighted by atomic mass is 9.54. The Balaban J connectivity index is 1.67. The Bertz CT molecular complexity index is 680. The van der Waals surface area contributed by atoms with Gasteiger partial charge in [-0.2, -0.15) is 0 Å². The minimum absolute atomic E-state index is 0.0207. The van der Waals surface area contributed by atoms with Crippen molar-refractivity contribution in [2.75, 3.05) is 0 Å². The largest absolute Gasteiger partial charge is 0.461 e. The third kappa shape index (κ3) is 2.24. The topological polar surface area (TPSA) is 65.1 Å². The summed E-state index contributed by atoms with van der Waals surface area (Å²) in [5.74, 6) is -0.303. The molecule has 4 rings (SSSR count). The van der Waals surface area contributed by atoms with E-state index in [0.717, 1.165) is 18.4 Å². The first-order valence-electron chi connectivity index (χ1n) is 9.18. The zero-order valence-corrected chi connectivity index (χ0v) is 15.3. The van der Waals surface area contributed by atoms with E-state index in [9.17, 15) is 9.59 Å². The zero-order chi connectivity index (χ0) is 18.1. The van der Waals surface area contributed by atoms with Gasteiger partial charge in [-0.1, -0.05) is 26.5 Å². The number of epoxide rings is 1. The molecule has 2 aliphatic heterocycles. The molecule has 0 spiro atoms. The number of esters is 2. The van der Waals surface area contributed by atoms with Gasteiger partial charge in [0.2, 0.25) is 0 Å². The first-order chi connectivity index (χ1) is 11.8. The van der Waals surface area contributed by atoms with E-state index in [4.69, 9.17) is 14.2 Å². The third-order valence-corrected chi connectivity index (χ3v) is 6.97. The number of fused-ring (bicyclic) bond motifs is 4. The smallest absolute Gasteiger partial charge is 0.333 e. The summed E-state index contributed by atoms with van der Waals surface area (Å²) in [6, 6.07) is 0. The summed E-state index contributed by atoms with van der Waals surface area (Å²) in [6.07, 6.45) is 2.81. The van der Waals surface area contributed by atoms with Gasteiger partial charge in [0.25, 0.3) is 0 Å². The lowest BCUT2D eigenvalue weighted by molar-refractivity contribution is -0.168. The predicted molar refractivity (Wildman–Crippen MR) is 90.5 cm³/mol. The quantitative estimate of drug-likeness (QED) is 0.333. The summed E-state index contributed by atoms with van der Waals surface area (Å²) in [6.45, 7) is 11.9. The van der Waals surface area contributed by atoms with E-state index in [0.29, 0.717) is 5.57 Å². The molecule has 136 valence electrons. The van der Waals surface area contributed by atoms with Crippen LogP contribution in [-0.2, 0) is 23.8 Å². The summed E-state index contributed by atoms with van der Waals surface area (Å²) in [5.41, 5.74) is 1.28. The summed E-state index contributed by atoms with van der Waals surface area (Å²) >= 11 is 0. The Kier molecular flexibility index (Phi) is 3.66. The monoisotopic (exact) mass is 346 g/mol. The molecule has 0 N–H and O–H groups in total. The third-order valence-electron chi connectivity index (χ3n) is 6.97. The summed E-state index contributed by atoms with van der Waals surface area (Å²) in [5, 5.41) is 0. The minimum atomic E-state index is -0.328. The van der Waals surface area contributed by atoms with Gasteiger partial charge in [0.05, 0.1) is 5.92 Å². The van der Waals surface area contributed by atoms with Crippen LogP contribution in [0.1, 0.15) is 40.5 Å². The molecule has 2 heterocycles. The van der Waals surface area contributed by atoms with Gasteiger partial charge in [-0.25, -0.2) is 4.79 Å². The Morgan fingerprint density at radius 1 is 1.40 bits per heavy atom. The summed E-state index contributed by atoms with van der Waals surface area (Å²) in [4.78, 5) is 24.5. The molecule has 4 aliphatic rings. The highest BCUT2D eigenvalue weighted by Gasteiger charge is 2.69. The number of ether oxygens (including phenoxy) is 3. The molecule has 5 heteroatoms. The molecule has 5 nitrogen and oxygen atoms in total. The molecule has 8 atom stereocenters. The molecule has 2 aliphatic carbocycles. The first kappa shape index (κ1) is 16.8. The second-order valence-electron chi connectivity index (χ2n) is 8.27. The summed E-state index contributed by atoms with van der Waals surface area (Å²) < 4.78 is 17.5. The molecule has 0 amide bonds. The van der Waals surface area contributed by atoms with Crippen LogP contribution in [0, 0.1) is 23.2 Å². The first-order valence-corrected chi connectivity index (χ1v) is 9.18. The van der Waals surface area contributed by atoms with Crippen LogP contribution < -0.4 is 0 Å². The van der Waals surface area contributed by atoms with Crippen molar-refractivity contribution in [1.82, 2.24) is 0 Å². The van der Waals surface area contributed by atoms with Gasteiger partial charge in [-0.05, 0) is 32.3 Å². The van der Waals surface area contributed by atoms with Crippen LogP contribution in [0.2, 0.25) is 0 Å². The van der Waals surface area contributed by atoms with Gasteiger partial charge >= 0.3 is 11.9 Å². The van der Waals surface area contributed by atoms with Crippen molar-refractivity contribution in [3.63, 3.8) is 0 Å². The fourth-order valence-corrected chi connectivity index (χ4v) is 5.21. The molecular weight excluding hydrogens is 320 g/mol. The van der Waals surface area contributed by atoms with Gasteiger partial charge < -0.3 is 14.2 Å². The van der Waals surface area contributed by atoms with Crippen molar-refractivity contribution in [2.24, 2.45) is 23.2 Å². The number of carbonyl (C=O) groups excluding carboxylic acids is 2. The van der Waals surface area contributed by atoms with Crippen LogP contribution in [0.3, 0.4) is 0 Å². The molecule has 0 radical (unpaired) electrons. The molecule has 0 bridgehead atoms. The van der Waals surface area contributed by atoms with E-state index in [1.165, 1.54) is 0 Å². The molecule has 0 aromatic heterocycles. The molecular formula is C20H26O5. The number of rotatable bonds is 2. The Morgan fingerprint density at radius 3 is 2.80 bits per heavy atom. The maximum atomic E-state index is 12.4. The van der Waals surface area contributed by atoms with Gasteiger partial charge in [0, 0.05) is 22.8 Å². The lowest BCUT2D eigenvalue weighted by Gasteiger charge is -2.52. The van der Waals surface area contributed by atoms with Crippen LogP contribution in [-0.4, -0.2) is 36.4 Å². The highest BCUT2D eigenvalue weighted by molar-refractivity contribution is 5.87. The molecule has 2 saturated carbocycles. The molecule has 0 aromatic rings. The highest BCUT2D eigenvalue weighted by atomic mass is 16.6. The molecule has 4 fully saturated rings. The Labute approximate surface area is 148 Å². The van der Waals surface area contributed by atoms with Crippen LogP contribution in [0.4, 0.5) is 0 Å². The summed E-state index contributed by atoms with van der Waals surface area (Å²) in [7, 11) is 0. The van der Waals surface area contributed by atoms with Gasteiger partial charge in [0.1, 0.15) is 24.4 Å². The fourth-order valence-electron chi connectivity index (χ4n) is 5.21. The van der Waals surface area contributed by atoms with Crippen molar-refractivity contribution in [1.29, 1.82) is 0 Å². The normalized spacial score (nSPS) is 48.2. The van der Waals surface area contributed by atoms with E-state index in [2.05, 4.69) is 13.5 Å². The molecule has 25 heavy (non-hydrogen) atoms. The standard InChI is InChI=1S/C20H26O5/c1-6-9(2)18(21)25-17-16-14(23-16)11(4)13-15-12(7-8-20(13,17)5)10(3)19(22)24-15/h6,10,12-17H,4,7-8H2,1-3,5H3/b9-6-/t10-,12-,13-,14-,15+,16-,17-,20-/m1/s1. The SMILES string of the molecule is C=C1[C@H]2O[C@H]2[C@@H](OC(=O)/C(C)=C\C)[C@]2(C)CC[C@H]3[C@H](OC(=O)[C@@H]3C)[C@@H]12. The van der Waals surface area contributed by atoms with Crippen molar-refractivity contribution in [2.45, 2.75) is 65.0 Å². The highest BCUT2D eigenvalue weighted by Crippen LogP contribution is 2.62. The van der Waals surface area contributed by atoms with Crippen molar-refractivity contribution in [3.05, 3.63) is 23.8 Å². The lowest BCUT2D eigenvalue weighted by Crippen LogP contribution is -2.57. The van der Waals surface area contributed by atoms with Crippen LogP contribution >= 0.6 is 0 Å². The van der Waals surface area contributed by atoms with Crippen molar-refractivity contribution < 1.29 is 23.8 Å². The zero-order valence-electron chi connectivity index (χ0n) is 15.3. The number of hydrogen-bond acceptors (Lipinski definition) is 5. The average molecular weight is 346 g/mol. The van der Waals surface area contributed by atoms with Crippen molar-refractivity contribution in [3.8, 4) is 0 Å². The van der Waals surface area contributed by atoms with E-state index < -0.39 is 0 Å². The van der Waals surface area contributed by atoms with Crippen LogP contribution in [0.5, 0.6) is 0 Å². The van der Waals surface area contributed by atoms with Gasteiger partial charge in [-0.15, -0.1) is 0 Å². The Hall–Kier alpha value is -1.62. The second kappa shape index (κ2) is 5.44. The van der Waals surface area contributed by atoms with Crippen molar-refractivity contribution >= 4 is 11.9 Å². The van der Waals surface area contributed by atoms with Gasteiger partial charge in [0.15, 0.2) is 0 Å². The second-order valence-corrected chi connectivity index (χ2v) is 8.27. The van der Waals surface area contributed by atoms with E-state index in [1.807, 2.05) is 13.8 Å². The maximum absolute atomic E-state index is 12.4. The van der Waals surface area contributed by atoms with E-state index in [1.54, 1.807) is 13.0 Å². The fraction of sp³-hybridized carbons (Fsp3) is 0.700. The number of allylic oxidation sites excluding steroid dienone is 1. The maximum Gasteiger partial charge on any atom is 0.333 e. The molecule has 2 saturated heterocycles. The number of carbonyl (C=O) groups is 2. The molecule has 0 unspecified atom stereocenters. The van der Waals surface area contributed by atoms with Crippen LogP contribution in [0.25, 0.3) is 0 Å². The van der Waals surface area contributed by atoms with E-state index in [-0.39, 0.29) is 59.5 Å².